The summed E-state index contributed by atoms with van der Waals surface area (Å²) >= 11 is 1.69. The van der Waals surface area contributed by atoms with Crippen molar-refractivity contribution in [2.45, 2.75) is 4.90 Å². The molecule has 0 N–H and O–H groups in total. The van der Waals surface area contributed by atoms with E-state index in [1.54, 1.807) is 36.0 Å². The van der Waals surface area contributed by atoms with Crippen LogP contribution < -0.4 is 4.74 Å². The normalized spacial score (nSPS) is 9.94. The smallest absolute Gasteiger partial charge is 0.150 e. The maximum Gasteiger partial charge on any atom is 0.150 e. The van der Waals surface area contributed by atoms with Crippen LogP contribution in [0.15, 0.2) is 53.4 Å². The maximum atomic E-state index is 10.5. The lowest BCUT2D eigenvalue weighted by atomic mass is 10.2. The molecule has 0 bridgehead atoms. The lowest BCUT2D eigenvalue weighted by Crippen LogP contribution is -1.85. The van der Waals surface area contributed by atoms with E-state index in [-0.39, 0.29) is 0 Å². The molecule has 0 atom stereocenters. The highest BCUT2D eigenvalue weighted by Gasteiger charge is 1.98. The molecule has 0 aliphatic heterocycles. The van der Waals surface area contributed by atoms with Crippen molar-refractivity contribution in [1.29, 1.82) is 0 Å². The van der Waals surface area contributed by atoms with Crippen LogP contribution in [0, 0.1) is 0 Å². The Kier molecular flexibility index (Phi) is 3.83. The Hall–Kier alpha value is -1.74. The van der Waals surface area contributed by atoms with Crippen LogP contribution in [0.25, 0.3) is 0 Å². The van der Waals surface area contributed by atoms with Crippen molar-refractivity contribution in [3.8, 4) is 11.5 Å². The van der Waals surface area contributed by atoms with Gasteiger partial charge in [0, 0.05) is 10.5 Å². The Labute approximate surface area is 105 Å². The zero-order valence-corrected chi connectivity index (χ0v) is 10.2. The highest BCUT2D eigenvalue weighted by molar-refractivity contribution is 7.98. The Morgan fingerprint density at radius 1 is 0.941 bits per heavy atom. The monoisotopic (exact) mass is 244 g/mol. The molecule has 2 rings (SSSR count). The van der Waals surface area contributed by atoms with E-state index >= 15 is 0 Å². The van der Waals surface area contributed by atoms with Gasteiger partial charge in [-0.15, -0.1) is 11.8 Å². The SMILES string of the molecule is CSc1ccc(Oc2ccc(C=O)cc2)cc1. The molecule has 2 aromatic carbocycles. The average molecular weight is 244 g/mol. The largest absolute Gasteiger partial charge is 0.457 e. The Morgan fingerprint density at radius 3 is 1.94 bits per heavy atom. The van der Waals surface area contributed by atoms with E-state index in [0.717, 1.165) is 17.8 Å². The third kappa shape index (κ3) is 3.11. The average Bonchev–Trinajstić information content (AvgIpc) is 2.40. The van der Waals surface area contributed by atoms with E-state index in [0.29, 0.717) is 5.56 Å². The fraction of sp³-hybridized carbons (Fsp3) is 0.0714. The second-order valence-corrected chi connectivity index (χ2v) is 4.34. The summed E-state index contributed by atoms with van der Waals surface area (Å²) in [5.41, 5.74) is 0.648. The Morgan fingerprint density at radius 2 is 1.47 bits per heavy atom. The Balaban J connectivity index is 2.10. The van der Waals surface area contributed by atoms with Gasteiger partial charge >= 0.3 is 0 Å². The molecule has 17 heavy (non-hydrogen) atoms. The number of aldehydes is 1. The number of benzene rings is 2. The molecule has 0 spiro atoms. The predicted molar refractivity (Wildman–Crippen MR) is 70.1 cm³/mol. The van der Waals surface area contributed by atoms with Crippen molar-refractivity contribution in [2.75, 3.05) is 6.26 Å². The molecule has 0 aliphatic carbocycles. The van der Waals surface area contributed by atoms with Crippen LogP contribution in [-0.4, -0.2) is 12.5 Å². The van der Waals surface area contributed by atoms with Crippen LogP contribution in [0.4, 0.5) is 0 Å². The third-order valence-corrected chi connectivity index (χ3v) is 3.05. The minimum Gasteiger partial charge on any atom is -0.457 e. The second kappa shape index (κ2) is 5.55. The van der Waals surface area contributed by atoms with E-state index in [9.17, 15) is 4.79 Å². The molecular formula is C14H12O2S. The predicted octanol–water partition coefficient (Wildman–Crippen LogP) is 4.01. The number of hydrogen-bond acceptors (Lipinski definition) is 3. The van der Waals surface area contributed by atoms with Crippen molar-refractivity contribution in [3.05, 3.63) is 54.1 Å². The summed E-state index contributed by atoms with van der Waals surface area (Å²) in [4.78, 5) is 11.7. The van der Waals surface area contributed by atoms with E-state index in [4.69, 9.17) is 4.74 Å². The third-order valence-electron chi connectivity index (χ3n) is 2.31. The summed E-state index contributed by atoms with van der Waals surface area (Å²) in [5, 5.41) is 0. The quantitative estimate of drug-likeness (QED) is 0.600. The van der Waals surface area contributed by atoms with Crippen LogP contribution in [0.1, 0.15) is 10.4 Å². The number of rotatable bonds is 4. The highest BCUT2D eigenvalue weighted by atomic mass is 32.2. The van der Waals surface area contributed by atoms with Crippen LogP contribution in [0.5, 0.6) is 11.5 Å². The highest BCUT2D eigenvalue weighted by Crippen LogP contribution is 2.24. The van der Waals surface area contributed by atoms with Crippen molar-refractivity contribution in [3.63, 3.8) is 0 Å². The maximum absolute atomic E-state index is 10.5. The fourth-order valence-corrected chi connectivity index (χ4v) is 1.80. The lowest BCUT2D eigenvalue weighted by Gasteiger charge is -2.06. The summed E-state index contributed by atoms with van der Waals surface area (Å²) in [5.74, 6) is 1.52. The molecule has 0 radical (unpaired) electrons. The van der Waals surface area contributed by atoms with Gasteiger partial charge in [0.2, 0.25) is 0 Å². The fourth-order valence-electron chi connectivity index (χ4n) is 1.39. The van der Waals surface area contributed by atoms with Gasteiger partial charge in [-0.05, 0) is 54.8 Å². The second-order valence-electron chi connectivity index (χ2n) is 3.46. The van der Waals surface area contributed by atoms with Gasteiger partial charge in [-0.3, -0.25) is 4.79 Å². The summed E-state index contributed by atoms with van der Waals surface area (Å²) < 4.78 is 5.65. The number of hydrogen-bond donors (Lipinski definition) is 0. The van der Waals surface area contributed by atoms with Crippen LogP contribution >= 0.6 is 11.8 Å². The van der Waals surface area contributed by atoms with Crippen LogP contribution in [0.2, 0.25) is 0 Å². The summed E-state index contributed by atoms with van der Waals surface area (Å²) in [6, 6.07) is 14.9. The molecular weight excluding hydrogens is 232 g/mol. The summed E-state index contributed by atoms with van der Waals surface area (Å²) in [7, 11) is 0. The van der Waals surface area contributed by atoms with Crippen LogP contribution in [0.3, 0.4) is 0 Å². The first-order valence-electron chi connectivity index (χ1n) is 5.19. The molecule has 86 valence electrons. The molecule has 2 nitrogen and oxygen atoms in total. The van der Waals surface area contributed by atoms with Crippen molar-refractivity contribution < 1.29 is 9.53 Å². The number of carbonyl (C=O) groups is 1. The van der Waals surface area contributed by atoms with Gasteiger partial charge in [0.15, 0.2) is 0 Å². The minimum absolute atomic E-state index is 0.648. The van der Waals surface area contributed by atoms with E-state index in [1.165, 1.54) is 4.90 Å². The lowest BCUT2D eigenvalue weighted by molar-refractivity contribution is 0.112. The van der Waals surface area contributed by atoms with Gasteiger partial charge in [-0.25, -0.2) is 0 Å². The molecule has 0 fully saturated rings. The van der Waals surface area contributed by atoms with E-state index in [2.05, 4.69) is 0 Å². The van der Waals surface area contributed by atoms with Crippen LogP contribution in [-0.2, 0) is 0 Å². The van der Waals surface area contributed by atoms with Gasteiger partial charge in [0.25, 0.3) is 0 Å². The first-order chi connectivity index (χ1) is 8.31. The van der Waals surface area contributed by atoms with Gasteiger partial charge in [-0.2, -0.15) is 0 Å². The summed E-state index contributed by atoms with van der Waals surface area (Å²) in [6.07, 6.45) is 2.85. The molecule has 0 heterocycles. The van der Waals surface area contributed by atoms with Crippen molar-refractivity contribution in [1.82, 2.24) is 0 Å². The van der Waals surface area contributed by atoms with Gasteiger partial charge in [-0.1, -0.05) is 0 Å². The first kappa shape index (κ1) is 11.7. The molecule has 0 saturated heterocycles. The van der Waals surface area contributed by atoms with Crippen molar-refractivity contribution >= 4 is 18.0 Å². The zero-order valence-electron chi connectivity index (χ0n) is 9.42. The molecule has 3 heteroatoms. The minimum atomic E-state index is 0.648. The first-order valence-corrected chi connectivity index (χ1v) is 6.41. The van der Waals surface area contributed by atoms with Gasteiger partial charge in [0.05, 0.1) is 0 Å². The molecule has 2 aromatic rings. The van der Waals surface area contributed by atoms with Gasteiger partial charge < -0.3 is 4.74 Å². The standard InChI is InChI=1S/C14H12O2S/c1-17-14-8-6-13(7-9-14)16-12-4-2-11(10-15)3-5-12/h2-10H,1H3. The Bertz CT molecular complexity index is 489. The number of thioether (sulfide) groups is 1. The molecule has 0 saturated carbocycles. The molecule has 0 aliphatic rings. The van der Waals surface area contributed by atoms with Gasteiger partial charge in [0.1, 0.15) is 17.8 Å². The zero-order chi connectivity index (χ0) is 12.1. The van der Waals surface area contributed by atoms with Crippen molar-refractivity contribution in [2.24, 2.45) is 0 Å². The molecule has 0 aromatic heterocycles. The number of ether oxygens (including phenoxy) is 1. The van der Waals surface area contributed by atoms with E-state index in [1.807, 2.05) is 30.5 Å². The van der Waals surface area contributed by atoms with E-state index < -0.39 is 0 Å². The topological polar surface area (TPSA) is 26.3 Å². The number of carbonyl (C=O) groups excluding carboxylic acids is 1. The molecule has 0 amide bonds. The molecule has 0 unspecified atom stereocenters. The summed E-state index contributed by atoms with van der Waals surface area (Å²) in [6.45, 7) is 0.